The van der Waals surface area contributed by atoms with Gasteiger partial charge in [0, 0.05) is 18.3 Å². The van der Waals surface area contributed by atoms with Crippen LogP contribution in [0.1, 0.15) is 13.8 Å². The topological polar surface area (TPSA) is 3.24 Å². The van der Waals surface area contributed by atoms with Gasteiger partial charge in [-0.05, 0) is 13.8 Å². The van der Waals surface area contributed by atoms with Crippen molar-refractivity contribution in [2.75, 3.05) is 12.8 Å². The first-order valence-corrected chi connectivity index (χ1v) is 4.08. The van der Waals surface area contributed by atoms with Crippen LogP contribution in [0, 0.1) is 0 Å². The van der Waals surface area contributed by atoms with E-state index in [1.165, 1.54) is 10.8 Å². The van der Waals surface area contributed by atoms with Crippen LogP contribution in [0.5, 0.6) is 0 Å². The number of thioether (sulfide) groups is 1. The molecule has 9 heavy (non-hydrogen) atoms. The summed E-state index contributed by atoms with van der Waals surface area (Å²) in [4.78, 5) is 2.23. The van der Waals surface area contributed by atoms with E-state index in [0.29, 0.717) is 5.54 Å². The summed E-state index contributed by atoms with van der Waals surface area (Å²) >= 11 is 1.84. The average molecular weight is 143 g/mol. The predicted octanol–water partition coefficient (Wildman–Crippen LogP) is 1.91. The van der Waals surface area contributed by atoms with Gasteiger partial charge in [-0.25, -0.2) is 0 Å². The van der Waals surface area contributed by atoms with E-state index in [1.807, 2.05) is 11.8 Å². The van der Waals surface area contributed by atoms with Crippen LogP contribution in [0.25, 0.3) is 0 Å². The lowest BCUT2D eigenvalue weighted by Crippen LogP contribution is -2.35. The number of nitrogens with zero attached hydrogens (tertiary/aromatic N) is 1. The highest BCUT2D eigenvalue weighted by atomic mass is 32.2. The average Bonchev–Trinajstić information content (AvgIpc) is 1.97. The molecule has 1 nitrogen and oxygen atoms in total. The Balaban J connectivity index is 2.73. The molecule has 1 aliphatic rings. The molecule has 0 atom stereocenters. The molecule has 0 saturated carbocycles. The summed E-state index contributed by atoms with van der Waals surface area (Å²) in [5.41, 5.74) is 0.321. The van der Waals surface area contributed by atoms with Crippen molar-refractivity contribution < 1.29 is 0 Å². The maximum Gasteiger partial charge on any atom is 0.0637 e. The second kappa shape index (κ2) is 1.94. The normalized spacial score (nSPS) is 25.2. The van der Waals surface area contributed by atoms with Gasteiger partial charge in [-0.2, -0.15) is 0 Å². The molecule has 1 fully saturated rings. The van der Waals surface area contributed by atoms with Crippen molar-refractivity contribution in [3.63, 3.8) is 0 Å². The Morgan fingerprint density at radius 3 is 2.33 bits per heavy atom. The first kappa shape index (κ1) is 7.00. The quantitative estimate of drug-likeness (QED) is 0.509. The van der Waals surface area contributed by atoms with Crippen molar-refractivity contribution in [2.45, 2.75) is 19.4 Å². The van der Waals surface area contributed by atoms with Gasteiger partial charge in [-0.15, -0.1) is 11.8 Å². The van der Waals surface area contributed by atoms with Gasteiger partial charge >= 0.3 is 0 Å². The van der Waals surface area contributed by atoms with Gasteiger partial charge in [0.05, 0.1) is 5.03 Å². The molecule has 0 unspecified atom stereocenters. The van der Waals surface area contributed by atoms with E-state index in [4.69, 9.17) is 0 Å². The third-order valence-electron chi connectivity index (χ3n) is 1.87. The summed E-state index contributed by atoms with van der Waals surface area (Å²) in [5.74, 6) is 1.17. The van der Waals surface area contributed by atoms with Gasteiger partial charge in [0.2, 0.25) is 0 Å². The minimum absolute atomic E-state index is 0.321. The molecular weight excluding hydrogens is 130 g/mol. The molecular formula is C7H13NS. The van der Waals surface area contributed by atoms with Gasteiger partial charge < -0.3 is 4.90 Å². The van der Waals surface area contributed by atoms with Crippen LogP contribution in [-0.4, -0.2) is 23.2 Å². The van der Waals surface area contributed by atoms with Gasteiger partial charge in [-0.1, -0.05) is 6.58 Å². The molecule has 1 saturated heterocycles. The van der Waals surface area contributed by atoms with Gasteiger partial charge in [0.15, 0.2) is 0 Å². The molecule has 0 N–H and O–H groups in total. The van der Waals surface area contributed by atoms with Crippen LogP contribution in [0.15, 0.2) is 11.6 Å². The largest absolute Gasteiger partial charge is 0.364 e. The SMILES string of the molecule is C=C1SCC(C)(C)N1C. The van der Waals surface area contributed by atoms with Crippen molar-refractivity contribution in [1.29, 1.82) is 0 Å². The highest BCUT2D eigenvalue weighted by molar-refractivity contribution is 8.03. The Labute approximate surface area is 61.1 Å². The fourth-order valence-corrected chi connectivity index (χ4v) is 1.95. The molecule has 1 rings (SSSR count). The zero-order valence-corrected chi connectivity index (χ0v) is 7.09. The number of hydrogen-bond acceptors (Lipinski definition) is 2. The molecule has 0 aromatic rings. The zero-order valence-electron chi connectivity index (χ0n) is 6.27. The molecule has 1 heterocycles. The first-order chi connectivity index (χ1) is 4.04. The fourth-order valence-electron chi connectivity index (χ4n) is 0.791. The Kier molecular flexibility index (Phi) is 1.51. The van der Waals surface area contributed by atoms with Gasteiger partial charge in [0.25, 0.3) is 0 Å². The molecule has 0 aromatic heterocycles. The van der Waals surface area contributed by atoms with Crippen molar-refractivity contribution >= 4 is 11.8 Å². The molecule has 0 radical (unpaired) electrons. The van der Waals surface area contributed by atoms with Gasteiger partial charge in [-0.3, -0.25) is 0 Å². The highest BCUT2D eigenvalue weighted by Crippen LogP contribution is 2.36. The summed E-state index contributed by atoms with van der Waals surface area (Å²) in [6.07, 6.45) is 0. The van der Waals surface area contributed by atoms with Crippen LogP contribution in [-0.2, 0) is 0 Å². The summed E-state index contributed by atoms with van der Waals surface area (Å²) < 4.78 is 0. The molecule has 0 spiro atoms. The summed E-state index contributed by atoms with van der Waals surface area (Å²) in [7, 11) is 2.10. The minimum Gasteiger partial charge on any atom is -0.364 e. The Hall–Kier alpha value is -0.110. The second-order valence-electron chi connectivity index (χ2n) is 3.05. The second-order valence-corrected chi connectivity index (χ2v) is 4.10. The Bertz CT molecular complexity index is 140. The summed E-state index contributed by atoms with van der Waals surface area (Å²) in [6.45, 7) is 8.39. The first-order valence-electron chi connectivity index (χ1n) is 3.09. The Morgan fingerprint density at radius 1 is 1.67 bits per heavy atom. The minimum atomic E-state index is 0.321. The maximum atomic E-state index is 3.92. The number of hydrogen-bond donors (Lipinski definition) is 0. The third-order valence-corrected chi connectivity index (χ3v) is 3.33. The van der Waals surface area contributed by atoms with E-state index in [-0.39, 0.29) is 0 Å². The molecule has 1 aliphatic heterocycles. The zero-order chi connectivity index (χ0) is 7.07. The summed E-state index contributed by atoms with van der Waals surface area (Å²) in [5, 5.41) is 1.19. The molecule has 52 valence electrons. The van der Waals surface area contributed by atoms with Crippen LogP contribution in [0.2, 0.25) is 0 Å². The monoisotopic (exact) mass is 143 g/mol. The molecule has 0 aliphatic carbocycles. The van der Waals surface area contributed by atoms with Crippen LogP contribution in [0.3, 0.4) is 0 Å². The molecule has 0 bridgehead atoms. The van der Waals surface area contributed by atoms with Gasteiger partial charge in [0.1, 0.15) is 0 Å². The fraction of sp³-hybridized carbons (Fsp3) is 0.714. The lowest BCUT2D eigenvalue weighted by atomic mass is 10.1. The predicted molar refractivity (Wildman–Crippen MR) is 43.4 cm³/mol. The number of rotatable bonds is 0. The van der Waals surface area contributed by atoms with E-state index >= 15 is 0 Å². The van der Waals surface area contributed by atoms with E-state index in [1.54, 1.807) is 0 Å². The lowest BCUT2D eigenvalue weighted by molar-refractivity contribution is 0.264. The molecule has 0 aromatic carbocycles. The highest BCUT2D eigenvalue weighted by Gasteiger charge is 2.31. The van der Waals surface area contributed by atoms with E-state index in [9.17, 15) is 0 Å². The third kappa shape index (κ3) is 1.08. The van der Waals surface area contributed by atoms with Crippen LogP contribution >= 0.6 is 11.8 Å². The standard InChI is InChI=1S/C7H13NS/c1-6-8(4)7(2,3)5-9-6/h1,5H2,2-4H3. The Morgan fingerprint density at radius 2 is 2.22 bits per heavy atom. The van der Waals surface area contributed by atoms with Crippen LogP contribution < -0.4 is 0 Å². The smallest absolute Gasteiger partial charge is 0.0637 e. The van der Waals surface area contributed by atoms with Crippen LogP contribution in [0.4, 0.5) is 0 Å². The van der Waals surface area contributed by atoms with Crippen molar-refractivity contribution in [2.24, 2.45) is 0 Å². The molecule has 0 amide bonds. The van der Waals surface area contributed by atoms with Crippen molar-refractivity contribution in [1.82, 2.24) is 4.90 Å². The summed E-state index contributed by atoms with van der Waals surface area (Å²) in [6, 6.07) is 0. The maximum absolute atomic E-state index is 3.92. The molecule has 2 heteroatoms. The van der Waals surface area contributed by atoms with Crippen molar-refractivity contribution in [3.05, 3.63) is 11.6 Å². The van der Waals surface area contributed by atoms with Crippen molar-refractivity contribution in [3.8, 4) is 0 Å². The lowest BCUT2D eigenvalue weighted by Gasteiger charge is -2.28. The van der Waals surface area contributed by atoms with E-state index in [2.05, 4.69) is 32.4 Å². The van der Waals surface area contributed by atoms with E-state index < -0.39 is 0 Å². The van der Waals surface area contributed by atoms with E-state index in [0.717, 1.165) is 0 Å².